The maximum absolute atomic E-state index is 12.7. The van der Waals surface area contributed by atoms with Crippen LogP contribution < -0.4 is 15.4 Å². The molecule has 26 heavy (non-hydrogen) atoms. The van der Waals surface area contributed by atoms with E-state index in [1.807, 2.05) is 39.0 Å². The van der Waals surface area contributed by atoms with Crippen LogP contribution in [0.15, 0.2) is 30.3 Å². The average Bonchev–Trinajstić information content (AvgIpc) is 2.61. The summed E-state index contributed by atoms with van der Waals surface area (Å²) in [4.78, 5) is 28.5. The van der Waals surface area contributed by atoms with E-state index in [0.717, 1.165) is 22.5 Å². The maximum atomic E-state index is 12.7. The molecule has 0 bridgehead atoms. The number of aromatic nitrogens is 1. The molecule has 136 valence electrons. The second-order valence-corrected chi connectivity index (χ2v) is 6.40. The molecule has 2 heterocycles. The second-order valence-electron chi connectivity index (χ2n) is 6.40. The molecule has 2 amide bonds. The minimum Gasteiger partial charge on any atom is -0.477 e. The van der Waals surface area contributed by atoms with Gasteiger partial charge in [-0.3, -0.25) is 9.59 Å². The summed E-state index contributed by atoms with van der Waals surface area (Å²) in [6.07, 6.45) is 1.20. The van der Waals surface area contributed by atoms with Crippen LogP contribution in [0, 0.1) is 6.92 Å². The van der Waals surface area contributed by atoms with E-state index in [4.69, 9.17) is 4.74 Å². The van der Waals surface area contributed by atoms with Crippen molar-refractivity contribution in [3.8, 4) is 5.88 Å². The lowest BCUT2D eigenvalue weighted by Gasteiger charge is -2.20. The third kappa shape index (κ3) is 3.85. The summed E-state index contributed by atoms with van der Waals surface area (Å²) < 4.78 is 5.50. The van der Waals surface area contributed by atoms with E-state index >= 15 is 0 Å². The summed E-state index contributed by atoms with van der Waals surface area (Å²) in [5, 5.41) is 5.87. The van der Waals surface area contributed by atoms with Gasteiger partial charge in [-0.25, -0.2) is 4.98 Å². The fraction of sp³-hybridized carbons (Fsp3) is 0.350. The number of ether oxygens (including phenoxy) is 1. The van der Waals surface area contributed by atoms with E-state index in [1.165, 1.54) is 0 Å². The molecular weight excluding hydrogens is 330 g/mol. The summed E-state index contributed by atoms with van der Waals surface area (Å²) >= 11 is 0. The third-order valence-electron chi connectivity index (χ3n) is 4.40. The zero-order chi connectivity index (χ0) is 18.7. The van der Waals surface area contributed by atoms with E-state index in [-0.39, 0.29) is 17.9 Å². The summed E-state index contributed by atoms with van der Waals surface area (Å²) in [7, 11) is 0. The van der Waals surface area contributed by atoms with Gasteiger partial charge in [-0.15, -0.1) is 0 Å². The molecule has 1 aromatic heterocycles. The SMILES string of the molecule is CCOc1nc(C)ccc1C(=O)NC(C)c1ccc2c(c1)CCC(=O)N2. The molecule has 1 aliphatic heterocycles. The maximum Gasteiger partial charge on any atom is 0.257 e. The van der Waals surface area contributed by atoms with Crippen LogP contribution in [0.2, 0.25) is 0 Å². The molecule has 1 unspecified atom stereocenters. The number of carbonyl (C=O) groups is 2. The molecule has 3 rings (SSSR count). The Morgan fingerprint density at radius 2 is 2.12 bits per heavy atom. The first-order valence-corrected chi connectivity index (χ1v) is 8.82. The Morgan fingerprint density at radius 3 is 2.88 bits per heavy atom. The van der Waals surface area contributed by atoms with Crippen LogP contribution in [0.3, 0.4) is 0 Å². The summed E-state index contributed by atoms with van der Waals surface area (Å²) in [5.74, 6) is 0.173. The van der Waals surface area contributed by atoms with Crippen molar-refractivity contribution < 1.29 is 14.3 Å². The largest absolute Gasteiger partial charge is 0.477 e. The number of amides is 2. The van der Waals surface area contributed by atoms with Crippen LogP contribution in [0.4, 0.5) is 5.69 Å². The average molecular weight is 353 g/mol. The first kappa shape index (κ1) is 17.9. The van der Waals surface area contributed by atoms with Crippen LogP contribution in [-0.4, -0.2) is 23.4 Å². The van der Waals surface area contributed by atoms with Gasteiger partial charge < -0.3 is 15.4 Å². The van der Waals surface area contributed by atoms with Gasteiger partial charge in [-0.2, -0.15) is 0 Å². The van der Waals surface area contributed by atoms with Crippen LogP contribution in [0.25, 0.3) is 0 Å². The molecule has 0 spiro atoms. The Hall–Kier alpha value is -2.89. The minimum absolute atomic E-state index is 0.0434. The highest BCUT2D eigenvalue weighted by molar-refractivity contribution is 5.96. The lowest BCUT2D eigenvalue weighted by Crippen LogP contribution is -2.28. The molecule has 0 aliphatic carbocycles. The van der Waals surface area contributed by atoms with Gasteiger partial charge in [-0.05, 0) is 56.5 Å². The zero-order valence-corrected chi connectivity index (χ0v) is 15.3. The van der Waals surface area contributed by atoms with Crippen LogP contribution in [-0.2, 0) is 11.2 Å². The first-order chi connectivity index (χ1) is 12.5. The van der Waals surface area contributed by atoms with Crippen LogP contribution >= 0.6 is 0 Å². The zero-order valence-electron chi connectivity index (χ0n) is 15.3. The van der Waals surface area contributed by atoms with Crippen molar-refractivity contribution >= 4 is 17.5 Å². The standard InChI is InChI=1S/C20H23N3O3/c1-4-26-20-16(8-5-12(2)21-20)19(25)22-13(3)14-6-9-17-15(11-14)7-10-18(24)23-17/h5-6,8-9,11,13H,4,7,10H2,1-3H3,(H,22,25)(H,23,24). The lowest BCUT2D eigenvalue weighted by atomic mass is 9.97. The number of hydrogen-bond acceptors (Lipinski definition) is 4. The quantitative estimate of drug-likeness (QED) is 0.865. The number of hydrogen-bond donors (Lipinski definition) is 2. The van der Waals surface area contributed by atoms with Crippen LogP contribution in [0.5, 0.6) is 5.88 Å². The highest BCUT2D eigenvalue weighted by atomic mass is 16.5. The first-order valence-electron chi connectivity index (χ1n) is 8.82. The fourth-order valence-corrected chi connectivity index (χ4v) is 2.98. The molecule has 0 saturated heterocycles. The van der Waals surface area contributed by atoms with Crippen molar-refractivity contribution in [3.05, 3.63) is 52.7 Å². The molecule has 0 saturated carbocycles. The predicted molar refractivity (Wildman–Crippen MR) is 99.4 cm³/mol. The van der Waals surface area contributed by atoms with Gasteiger partial charge in [0.2, 0.25) is 11.8 Å². The van der Waals surface area contributed by atoms with Gasteiger partial charge >= 0.3 is 0 Å². The molecule has 6 nitrogen and oxygen atoms in total. The predicted octanol–water partition coefficient (Wildman–Crippen LogP) is 3.16. The molecule has 1 atom stereocenters. The van der Waals surface area contributed by atoms with E-state index in [2.05, 4.69) is 15.6 Å². The molecule has 0 fully saturated rings. The normalized spacial score (nSPS) is 14.2. The number of pyridine rings is 1. The van der Waals surface area contributed by atoms with Gasteiger partial charge in [0.05, 0.1) is 12.6 Å². The smallest absolute Gasteiger partial charge is 0.257 e. The number of nitrogens with one attached hydrogen (secondary N) is 2. The molecule has 2 aromatic rings. The molecular formula is C20H23N3O3. The summed E-state index contributed by atoms with van der Waals surface area (Å²) in [6.45, 7) is 6.10. The fourth-order valence-electron chi connectivity index (χ4n) is 2.98. The van der Waals surface area contributed by atoms with Gasteiger partial charge in [0.25, 0.3) is 5.91 Å². The van der Waals surface area contributed by atoms with Gasteiger partial charge in [0.1, 0.15) is 5.56 Å². The van der Waals surface area contributed by atoms with Crippen molar-refractivity contribution in [2.75, 3.05) is 11.9 Å². The lowest BCUT2D eigenvalue weighted by molar-refractivity contribution is -0.116. The van der Waals surface area contributed by atoms with Crippen molar-refractivity contribution in [2.24, 2.45) is 0 Å². The molecule has 6 heteroatoms. The number of carbonyl (C=O) groups excluding carboxylic acids is 2. The third-order valence-corrected chi connectivity index (χ3v) is 4.40. The Kier molecular flexibility index (Phi) is 5.21. The van der Waals surface area contributed by atoms with Gasteiger partial charge in [-0.1, -0.05) is 12.1 Å². The number of benzene rings is 1. The molecule has 2 N–H and O–H groups in total. The van der Waals surface area contributed by atoms with Crippen LogP contribution in [0.1, 0.15) is 53.5 Å². The van der Waals surface area contributed by atoms with E-state index in [0.29, 0.717) is 30.9 Å². The second kappa shape index (κ2) is 7.56. The highest BCUT2D eigenvalue weighted by Crippen LogP contribution is 2.26. The number of fused-ring (bicyclic) bond motifs is 1. The Labute approximate surface area is 153 Å². The van der Waals surface area contributed by atoms with Gasteiger partial charge in [0.15, 0.2) is 0 Å². The number of aryl methyl sites for hydroxylation is 2. The number of anilines is 1. The van der Waals surface area contributed by atoms with Crippen molar-refractivity contribution in [1.29, 1.82) is 0 Å². The van der Waals surface area contributed by atoms with Crippen molar-refractivity contribution in [2.45, 2.75) is 39.7 Å². The van der Waals surface area contributed by atoms with Gasteiger partial charge in [0, 0.05) is 17.8 Å². The Balaban J connectivity index is 1.77. The topological polar surface area (TPSA) is 80.3 Å². The minimum atomic E-state index is -0.223. The number of rotatable bonds is 5. The van der Waals surface area contributed by atoms with Crippen molar-refractivity contribution in [3.63, 3.8) is 0 Å². The molecule has 1 aliphatic rings. The van der Waals surface area contributed by atoms with E-state index in [1.54, 1.807) is 12.1 Å². The summed E-state index contributed by atoms with van der Waals surface area (Å²) in [6, 6.07) is 9.20. The van der Waals surface area contributed by atoms with E-state index in [9.17, 15) is 9.59 Å². The molecule has 0 radical (unpaired) electrons. The monoisotopic (exact) mass is 353 g/mol. The Bertz CT molecular complexity index is 848. The molecule has 1 aromatic carbocycles. The van der Waals surface area contributed by atoms with Crippen molar-refractivity contribution in [1.82, 2.24) is 10.3 Å². The highest BCUT2D eigenvalue weighted by Gasteiger charge is 2.19. The Morgan fingerprint density at radius 1 is 1.31 bits per heavy atom. The number of nitrogens with zero attached hydrogens (tertiary/aromatic N) is 1. The summed E-state index contributed by atoms with van der Waals surface area (Å²) in [5.41, 5.74) is 4.16. The van der Waals surface area contributed by atoms with E-state index < -0.39 is 0 Å².